The molecule has 0 bridgehead atoms. The molecular formula is C36H31Cl5N10O2S2. The van der Waals surface area contributed by atoms with Crippen LogP contribution in [0.3, 0.4) is 0 Å². The van der Waals surface area contributed by atoms with Gasteiger partial charge in [-0.2, -0.15) is 0 Å². The molecule has 0 saturated carbocycles. The summed E-state index contributed by atoms with van der Waals surface area (Å²) in [4.78, 5) is 18.0. The summed E-state index contributed by atoms with van der Waals surface area (Å²) in [6, 6.07) is 18.5. The number of thiophene rings is 2. The zero-order chi connectivity index (χ0) is 38.9. The Morgan fingerprint density at radius 1 is 0.655 bits per heavy atom. The number of nitrogens with one attached hydrogen (secondary N) is 1. The maximum absolute atomic E-state index is 6.24. The van der Waals surface area contributed by atoms with Crippen LogP contribution in [0.25, 0.3) is 31.8 Å². The summed E-state index contributed by atoms with van der Waals surface area (Å²) < 4.78 is 14.7. The molecule has 0 amide bonds. The third kappa shape index (κ3) is 11.0. The maximum atomic E-state index is 6.24. The van der Waals surface area contributed by atoms with Crippen LogP contribution in [0.15, 0.2) is 96.5 Å². The number of ether oxygens (including phenoxy) is 2. The van der Waals surface area contributed by atoms with Crippen LogP contribution >= 0.6 is 80.7 Å². The van der Waals surface area contributed by atoms with Gasteiger partial charge in [-0.25, -0.2) is 29.3 Å². The number of aromatic nitrogens is 8. The average Bonchev–Trinajstić information content (AvgIpc) is 4.00. The minimum absolute atomic E-state index is 0.000233. The Bertz CT molecular complexity index is 2450. The predicted octanol–water partition coefficient (Wildman–Crippen LogP) is 10.3. The summed E-state index contributed by atoms with van der Waals surface area (Å²) in [5.41, 5.74) is 7.45. The van der Waals surface area contributed by atoms with Crippen molar-refractivity contribution >= 4 is 107 Å². The van der Waals surface area contributed by atoms with Gasteiger partial charge in [0.25, 0.3) is 0 Å². The van der Waals surface area contributed by atoms with Crippen molar-refractivity contribution in [2.24, 2.45) is 5.73 Å². The number of hydrogen-bond donors (Lipinski definition) is 2. The van der Waals surface area contributed by atoms with Gasteiger partial charge in [0.1, 0.15) is 46.5 Å². The molecule has 19 heteroatoms. The lowest BCUT2D eigenvalue weighted by Crippen LogP contribution is -2.24. The highest BCUT2D eigenvalue weighted by Crippen LogP contribution is 2.33. The van der Waals surface area contributed by atoms with Crippen molar-refractivity contribution in [2.75, 3.05) is 18.5 Å². The third-order valence-corrected chi connectivity index (χ3v) is 10.7. The summed E-state index contributed by atoms with van der Waals surface area (Å²) in [5.74, 6) is 1.81. The quantitative estimate of drug-likeness (QED) is 0.127. The first-order valence-electron chi connectivity index (χ1n) is 16.4. The Labute approximate surface area is 348 Å². The van der Waals surface area contributed by atoms with Crippen LogP contribution in [-0.2, 0) is 0 Å². The van der Waals surface area contributed by atoms with Gasteiger partial charge in [0.15, 0.2) is 0 Å². The Balaban J connectivity index is 0.000000156. The van der Waals surface area contributed by atoms with E-state index in [4.69, 9.17) is 73.2 Å². The molecule has 0 aliphatic rings. The van der Waals surface area contributed by atoms with E-state index in [0.717, 1.165) is 31.8 Å². The minimum atomic E-state index is -0.00400. The zero-order valence-corrected chi connectivity index (χ0v) is 34.4. The molecule has 0 spiro atoms. The van der Waals surface area contributed by atoms with Gasteiger partial charge in [0.05, 0.1) is 38.2 Å². The zero-order valence-electron chi connectivity index (χ0n) is 29.0. The van der Waals surface area contributed by atoms with Gasteiger partial charge in [-0.05, 0) is 62.4 Å². The molecule has 6 heterocycles. The van der Waals surface area contributed by atoms with Gasteiger partial charge in [0.2, 0.25) is 11.8 Å². The molecule has 3 N–H and O–H groups in total. The molecule has 0 saturated heterocycles. The Morgan fingerprint density at radius 3 is 1.67 bits per heavy atom. The molecule has 12 nitrogen and oxygen atoms in total. The number of rotatable bonds is 10. The van der Waals surface area contributed by atoms with Crippen LogP contribution in [0.5, 0.6) is 11.8 Å². The highest BCUT2D eigenvalue weighted by Gasteiger charge is 2.13. The van der Waals surface area contributed by atoms with Crippen molar-refractivity contribution in [1.82, 2.24) is 39.5 Å². The van der Waals surface area contributed by atoms with E-state index in [2.05, 4.69) is 35.5 Å². The molecule has 8 rings (SSSR count). The third-order valence-electron chi connectivity index (χ3n) is 7.27. The van der Waals surface area contributed by atoms with Crippen LogP contribution < -0.4 is 20.5 Å². The number of halogens is 5. The number of nitrogens with two attached hydrogens (primary N) is 1. The topological polar surface area (TPSA) is 144 Å². The van der Waals surface area contributed by atoms with Crippen molar-refractivity contribution < 1.29 is 9.47 Å². The smallest absolute Gasteiger partial charge is 0.233 e. The summed E-state index contributed by atoms with van der Waals surface area (Å²) in [5, 5.41) is 20.3. The summed E-state index contributed by atoms with van der Waals surface area (Å²) in [6.45, 7) is 4.77. The summed E-state index contributed by atoms with van der Waals surface area (Å²) in [7, 11) is 0. The molecule has 2 atom stereocenters. The van der Waals surface area contributed by atoms with Gasteiger partial charge in [-0.1, -0.05) is 58.0 Å². The van der Waals surface area contributed by atoms with E-state index in [-0.39, 0.29) is 12.1 Å². The first kappa shape index (κ1) is 40.4. The van der Waals surface area contributed by atoms with Crippen molar-refractivity contribution in [3.8, 4) is 23.1 Å². The van der Waals surface area contributed by atoms with Crippen LogP contribution in [0.2, 0.25) is 25.2 Å². The van der Waals surface area contributed by atoms with Crippen molar-refractivity contribution in [1.29, 1.82) is 0 Å². The fraction of sp³-hybridized carbons (Fsp3) is 0.167. The van der Waals surface area contributed by atoms with Crippen molar-refractivity contribution in [3.05, 3.63) is 122 Å². The molecule has 0 aliphatic heterocycles. The van der Waals surface area contributed by atoms with Crippen LogP contribution in [0, 0.1) is 0 Å². The highest BCUT2D eigenvalue weighted by atomic mass is 35.5. The van der Waals surface area contributed by atoms with Crippen LogP contribution in [0.1, 0.15) is 13.8 Å². The van der Waals surface area contributed by atoms with Crippen molar-refractivity contribution in [2.45, 2.75) is 25.9 Å². The first-order valence-corrected chi connectivity index (χ1v) is 20.0. The molecule has 2 aromatic carbocycles. The molecule has 2 unspecified atom stereocenters. The number of fused-ring (bicyclic) bond motifs is 2. The molecule has 284 valence electrons. The van der Waals surface area contributed by atoms with Crippen LogP contribution in [-0.4, -0.2) is 64.8 Å². The van der Waals surface area contributed by atoms with Crippen LogP contribution in [0.4, 0.5) is 5.82 Å². The second kappa shape index (κ2) is 19.1. The number of nitrogens with zero attached hydrogens (tertiary/aromatic N) is 8. The molecule has 6 aromatic heterocycles. The number of benzene rings is 2. The summed E-state index contributed by atoms with van der Waals surface area (Å²) >= 11 is 32.5. The van der Waals surface area contributed by atoms with E-state index in [0.29, 0.717) is 56.0 Å². The van der Waals surface area contributed by atoms with Crippen molar-refractivity contribution in [3.63, 3.8) is 0 Å². The molecular weight excluding hydrogens is 846 g/mol. The Kier molecular flexibility index (Phi) is 14.0. The van der Waals surface area contributed by atoms with E-state index < -0.39 is 0 Å². The van der Waals surface area contributed by atoms with Gasteiger partial charge >= 0.3 is 0 Å². The maximum Gasteiger partial charge on any atom is 0.233 e. The molecule has 8 aromatic rings. The van der Waals surface area contributed by atoms with Gasteiger partial charge < -0.3 is 20.5 Å². The fourth-order valence-corrected chi connectivity index (χ4v) is 7.56. The Morgan fingerprint density at radius 2 is 1.15 bits per heavy atom. The van der Waals surface area contributed by atoms with Gasteiger partial charge in [-0.15, -0.1) is 32.9 Å². The molecule has 55 heavy (non-hydrogen) atoms. The molecule has 0 radical (unpaired) electrons. The SMILES string of the molecule is CC(COc1ccn(-c2ccc(Cl)cc2)n1)Nc1ncnc2scc(Cl)c12.CC(N)COc1ccn(-c2ccc(Cl)cc2)n1.Clc1csc2ncnc(Cl)c12. The number of anilines is 1. The van der Waals surface area contributed by atoms with E-state index >= 15 is 0 Å². The second-order valence-electron chi connectivity index (χ2n) is 11.7. The van der Waals surface area contributed by atoms with Gasteiger partial charge in [-0.3, -0.25) is 0 Å². The van der Waals surface area contributed by atoms with E-state index in [1.54, 1.807) is 20.8 Å². The lowest BCUT2D eigenvalue weighted by Gasteiger charge is -2.15. The van der Waals surface area contributed by atoms with E-state index in [1.165, 1.54) is 35.3 Å². The monoisotopic (exact) mass is 874 g/mol. The standard InChI is InChI=1S/C18H15Cl2N5OS.C12H14ClN3O.C6H2Cl2N2S/c1-11(23-17-16-14(20)9-27-18(16)22-10-21-17)8-26-15-6-7-25(24-15)13-4-2-12(19)3-5-13;1-9(14)8-17-12-6-7-16(15-12)11-4-2-10(13)3-5-11;7-3-1-11-6-4(3)5(8)9-2-10-6/h2-7,9-11H,8H2,1H3,(H,21,22,23);2-7,9H,8,14H2,1H3;1-2H. The summed E-state index contributed by atoms with van der Waals surface area (Å²) in [6.07, 6.45) is 6.63. The highest BCUT2D eigenvalue weighted by molar-refractivity contribution is 7.17. The first-order chi connectivity index (χ1) is 26.5. The minimum Gasteiger partial charge on any atom is -0.475 e. The normalized spacial score (nSPS) is 12.0. The Hall–Kier alpha value is -4.25. The average molecular weight is 877 g/mol. The van der Waals surface area contributed by atoms with Gasteiger partial charge in [0, 0.05) is 51.4 Å². The molecule has 0 fully saturated rings. The molecule has 0 aliphatic carbocycles. The lowest BCUT2D eigenvalue weighted by atomic mass is 10.3. The van der Waals surface area contributed by atoms with E-state index in [1.807, 2.05) is 86.2 Å². The fourth-order valence-electron chi connectivity index (χ4n) is 4.70. The largest absolute Gasteiger partial charge is 0.475 e. The predicted molar refractivity (Wildman–Crippen MR) is 225 cm³/mol. The number of hydrogen-bond acceptors (Lipinski definition) is 12. The lowest BCUT2D eigenvalue weighted by molar-refractivity contribution is 0.283. The second-order valence-corrected chi connectivity index (χ2v) is 15.5. The van der Waals surface area contributed by atoms with E-state index in [9.17, 15) is 0 Å².